The number of aromatic amines is 1. The predicted octanol–water partition coefficient (Wildman–Crippen LogP) is -2.16. The molecule has 0 aliphatic carbocycles. The van der Waals surface area contributed by atoms with Crippen molar-refractivity contribution in [2.24, 2.45) is 5.92 Å². The molecule has 7 nitrogen and oxygen atoms in total. The van der Waals surface area contributed by atoms with E-state index in [0.29, 0.717) is 12.8 Å². The maximum absolute atomic E-state index is 11.9. The Hall–Kier alpha value is -1.89. The van der Waals surface area contributed by atoms with Crippen LogP contribution in [0.3, 0.4) is 0 Å². The van der Waals surface area contributed by atoms with Crippen LogP contribution in [0.25, 0.3) is 0 Å². The van der Waals surface area contributed by atoms with Gasteiger partial charge in [-0.15, -0.1) is 0 Å². The zero-order valence-corrected chi connectivity index (χ0v) is 11.2. The Kier molecular flexibility index (Phi) is 5.50. The molecule has 0 saturated heterocycles. The van der Waals surface area contributed by atoms with Gasteiger partial charge in [0.05, 0.1) is 24.8 Å². The smallest absolute Gasteiger partial charge is 0.279 e. The quantitative estimate of drug-likeness (QED) is 0.521. The Morgan fingerprint density at radius 1 is 1.53 bits per heavy atom. The highest BCUT2D eigenvalue weighted by Crippen LogP contribution is 2.04. The highest BCUT2D eigenvalue weighted by Gasteiger charge is 2.22. The fraction of sp³-hybridized carbons (Fsp3) is 0.583. The first-order valence-electron chi connectivity index (χ1n) is 6.21. The fourth-order valence-electron chi connectivity index (χ4n) is 1.73. The topological polar surface area (TPSA) is 126 Å². The van der Waals surface area contributed by atoms with Gasteiger partial charge in [0.15, 0.2) is 6.04 Å². The molecule has 7 heteroatoms. The normalized spacial score (nSPS) is 14.1. The van der Waals surface area contributed by atoms with Crippen LogP contribution in [0.15, 0.2) is 12.5 Å². The van der Waals surface area contributed by atoms with Gasteiger partial charge >= 0.3 is 0 Å². The molecule has 2 atom stereocenters. The van der Waals surface area contributed by atoms with Crippen molar-refractivity contribution in [2.75, 3.05) is 0 Å². The van der Waals surface area contributed by atoms with E-state index >= 15 is 0 Å². The van der Waals surface area contributed by atoms with Crippen LogP contribution in [0.2, 0.25) is 0 Å². The second-order valence-corrected chi connectivity index (χ2v) is 4.99. The molecule has 5 N–H and O–H groups in total. The van der Waals surface area contributed by atoms with Gasteiger partial charge in [-0.25, -0.2) is 4.98 Å². The number of carbonyl (C=O) groups excluding carboxylic acids is 2. The maximum Gasteiger partial charge on any atom is 0.279 e. The number of quaternary nitrogens is 1. The molecule has 0 radical (unpaired) electrons. The van der Waals surface area contributed by atoms with E-state index < -0.39 is 24.0 Å². The number of hydrogen-bond donors (Lipinski definition) is 3. The lowest BCUT2D eigenvalue weighted by Gasteiger charge is -2.22. The summed E-state index contributed by atoms with van der Waals surface area (Å²) < 4.78 is 0. The molecule has 19 heavy (non-hydrogen) atoms. The molecule has 0 fully saturated rings. The lowest BCUT2D eigenvalue weighted by molar-refractivity contribution is -0.403. The monoisotopic (exact) mass is 268 g/mol. The summed E-state index contributed by atoms with van der Waals surface area (Å²) in [5.74, 6) is -1.51. The van der Waals surface area contributed by atoms with Crippen molar-refractivity contribution in [1.82, 2.24) is 15.3 Å². The van der Waals surface area contributed by atoms with Gasteiger partial charge in [0.1, 0.15) is 0 Å². The van der Waals surface area contributed by atoms with E-state index in [1.54, 1.807) is 6.20 Å². The number of nitrogens with zero attached hydrogens (tertiary/aromatic N) is 1. The van der Waals surface area contributed by atoms with Crippen LogP contribution >= 0.6 is 0 Å². The van der Waals surface area contributed by atoms with Crippen LogP contribution in [0.5, 0.6) is 0 Å². The molecule has 0 aliphatic heterocycles. The van der Waals surface area contributed by atoms with Crippen LogP contribution in [0.4, 0.5) is 0 Å². The summed E-state index contributed by atoms with van der Waals surface area (Å²) in [7, 11) is 0. The van der Waals surface area contributed by atoms with Crippen molar-refractivity contribution in [1.29, 1.82) is 0 Å². The van der Waals surface area contributed by atoms with Crippen molar-refractivity contribution in [2.45, 2.75) is 38.8 Å². The van der Waals surface area contributed by atoms with E-state index in [4.69, 9.17) is 0 Å². The fourth-order valence-corrected chi connectivity index (χ4v) is 1.73. The van der Waals surface area contributed by atoms with Crippen LogP contribution < -0.4 is 16.2 Å². The van der Waals surface area contributed by atoms with Crippen LogP contribution in [-0.4, -0.2) is 33.9 Å². The predicted molar refractivity (Wildman–Crippen MR) is 65.4 cm³/mol. The summed E-state index contributed by atoms with van der Waals surface area (Å²) in [4.78, 5) is 29.5. The van der Waals surface area contributed by atoms with Crippen molar-refractivity contribution >= 4 is 11.9 Å². The van der Waals surface area contributed by atoms with Crippen LogP contribution in [0.1, 0.15) is 26.0 Å². The van der Waals surface area contributed by atoms with E-state index in [1.165, 1.54) is 6.33 Å². The molecule has 1 rings (SSSR count). The second kappa shape index (κ2) is 6.89. The van der Waals surface area contributed by atoms with Gasteiger partial charge in [-0.2, -0.15) is 0 Å². The number of amides is 1. The molecule has 0 aromatic carbocycles. The summed E-state index contributed by atoms with van der Waals surface area (Å²) in [6.45, 7) is 3.77. The van der Waals surface area contributed by atoms with Gasteiger partial charge in [-0.1, -0.05) is 13.8 Å². The number of aromatic nitrogens is 2. The molecule has 1 heterocycles. The van der Waals surface area contributed by atoms with Gasteiger partial charge in [0.25, 0.3) is 5.91 Å². The van der Waals surface area contributed by atoms with Crippen molar-refractivity contribution < 1.29 is 20.4 Å². The summed E-state index contributed by atoms with van der Waals surface area (Å²) >= 11 is 0. The second-order valence-electron chi connectivity index (χ2n) is 4.99. The molecule has 0 unspecified atom stereocenters. The zero-order chi connectivity index (χ0) is 14.4. The molecule has 1 aromatic rings. The molecule has 0 saturated carbocycles. The Bertz CT molecular complexity index is 417. The number of nitrogens with one attached hydrogen (secondary N) is 2. The number of carbonyl (C=O) groups is 2. The van der Waals surface area contributed by atoms with E-state index in [-0.39, 0.29) is 5.92 Å². The standard InChI is InChI=1S/C12H20N4O3/c1-7(2)3-10(12(18)19)16-11(17)9(13)4-8-5-14-6-15-8/h5-7,9-10H,3-4,13H2,1-2H3,(H,14,15)(H,16,17)(H,18,19)/t9-,10-/m0/s1. The molecular weight excluding hydrogens is 248 g/mol. The third kappa shape index (κ3) is 5.09. The summed E-state index contributed by atoms with van der Waals surface area (Å²) in [5, 5.41) is 13.4. The molecule has 1 aromatic heterocycles. The maximum atomic E-state index is 11.9. The van der Waals surface area contributed by atoms with Crippen LogP contribution in [0, 0.1) is 5.92 Å². The van der Waals surface area contributed by atoms with E-state index in [0.717, 1.165) is 5.69 Å². The first-order chi connectivity index (χ1) is 8.90. The SMILES string of the molecule is CC(C)C[C@H](NC(=O)[C@@H]([NH3+])Cc1cnc[nH]1)C(=O)[O-]. The lowest BCUT2D eigenvalue weighted by atomic mass is 10.0. The molecule has 0 aliphatic rings. The third-order valence-corrected chi connectivity index (χ3v) is 2.70. The first kappa shape index (κ1) is 15.2. The molecule has 106 valence electrons. The minimum absolute atomic E-state index is 0.152. The van der Waals surface area contributed by atoms with Crippen LogP contribution in [-0.2, 0) is 16.0 Å². The highest BCUT2D eigenvalue weighted by molar-refractivity contribution is 5.85. The average molecular weight is 268 g/mol. The Labute approximate surface area is 111 Å². The summed E-state index contributed by atoms with van der Waals surface area (Å²) in [5.41, 5.74) is 4.51. The van der Waals surface area contributed by atoms with E-state index in [2.05, 4.69) is 21.0 Å². The number of H-pyrrole nitrogens is 1. The van der Waals surface area contributed by atoms with Gasteiger partial charge in [-0.05, 0) is 12.3 Å². The minimum Gasteiger partial charge on any atom is -0.548 e. The van der Waals surface area contributed by atoms with Crippen molar-refractivity contribution in [3.8, 4) is 0 Å². The lowest BCUT2D eigenvalue weighted by Crippen LogP contribution is -2.70. The number of rotatable bonds is 7. The largest absolute Gasteiger partial charge is 0.548 e. The Morgan fingerprint density at radius 3 is 2.68 bits per heavy atom. The van der Waals surface area contributed by atoms with Gasteiger partial charge < -0.3 is 25.9 Å². The Balaban J connectivity index is 2.53. The summed E-state index contributed by atoms with van der Waals surface area (Å²) in [6.07, 6.45) is 3.84. The summed E-state index contributed by atoms with van der Waals surface area (Å²) in [6, 6.07) is -1.55. The van der Waals surface area contributed by atoms with Crippen molar-refractivity contribution in [3.63, 3.8) is 0 Å². The van der Waals surface area contributed by atoms with Gasteiger partial charge in [0, 0.05) is 11.9 Å². The number of carboxylic acid groups (broad SMARTS) is 1. The molecular formula is C12H20N4O3. The number of carboxylic acids is 1. The van der Waals surface area contributed by atoms with Crippen molar-refractivity contribution in [3.05, 3.63) is 18.2 Å². The third-order valence-electron chi connectivity index (χ3n) is 2.70. The van der Waals surface area contributed by atoms with E-state index in [1.807, 2.05) is 13.8 Å². The number of imidazole rings is 1. The first-order valence-corrected chi connectivity index (χ1v) is 6.21. The highest BCUT2D eigenvalue weighted by atomic mass is 16.4. The Morgan fingerprint density at radius 2 is 2.21 bits per heavy atom. The molecule has 0 spiro atoms. The number of hydrogen-bond acceptors (Lipinski definition) is 4. The van der Waals surface area contributed by atoms with Gasteiger partial charge in [0.2, 0.25) is 0 Å². The zero-order valence-electron chi connectivity index (χ0n) is 11.2. The number of aliphatic carboxylic acids is 1. The van der Waals surface area contributed by atoms with E-state index in [9.17, 15) is 14.7 Å². The average Bonchev–Trinajstić information content (AvgIpc) is 2.79. The minimum atomic E-state index is -1.27. The molecule has 1 amide bonds. The van der Waals surface area contributed by atoms with Gasteiger partial charge in [-0.3, -0.25) is 4.79 Å². The molecule has 0 bridgehead atoms.